The molecule has 0 aromatic carbocycles. The molecule has 4 nitrogen and oxygen atoms in total. The molecule has 0 aliphatic heterocycles. The minimum Gasteiger partial charge on any atom is -0.492 e. The Morgan fingerprint density at radius 2 is 2.19 bits per heavy atom. The predicted octanol–water partition coefficient (Wildman–Crippen LogP) is 1.65. The van der Waals surface area contributed by atoms with Crippen molar-refractivity contribution in [3.63, 3.8) is 0 Å². The third-order valence-corrected chi connectivity index (χ3v) is 2.33. The van der Waals surface area contributed by atoms with Crippen molar-refractivity contribution in [2.45, 2.75) is 26.8 Å². The Balaban J connectivity index is 2.87. The van der Waals surface area contributed by atoms with Crippen molar-refractivity contribution in [2.24, 2.45) is 11.7 Å². The monoisotopic (exact) mass is 222 g/mol. The Bertz CT molecular complexity index is 364. The van der Waals surface area contributed by atoms with Gasteiger partial charge in [0.2, 0.25) is 0 Å². The van der Waals surface area contributed by atoms with E-state index in [1.807, 2.05) is 20.8 Å². The van der Waals surface area contributed by atoms with Crippen LogP contribution in [0.4, 0.5) is 0 Å². The minimum absolute atomic E-state index is 0.0935. The van der Waals surface area contributed by atoms with Crippen LogP contribution in [0.15, 0.2) is 18.5 Å². The number of carbonyl (C=O) groups excluding carboxylic acids is 1. The van der Waals surface area contributed by atoms with E-state index in [9.17, 15) is 4.79 Å². The second kappa shape index (κ2) is 5.61. The van der Waals surface area contributed by atoms with E-state index < -0.39 is 6.04 Å². The number of ether oxygens (including phenoxy) is 1. The third kappa shape index (κ3) is 3.03. The lowest BCUT2D eigenvalue weighted by Crippen LogP contribution is -2.35. The van der Waals surface area contributed by atoms with E-state index in [1.165, 1.54) is 6.20 Å². The summed E-state index contributed by atoms with van der Waals surface area (Å²) in [5, 5.41) is 0. The Hall–Kier alpha value is -1.42. The highest BCUT2D eigenvalue weighted by molar-refractivity contribution is 6.00. The van der Waals surface area contributed by atoms with Crippen LogP contribution in [0.2, 0.25) is 0 Å². The van der Waals surface area contributed by atoms with Crippen molar-refractivity contribution in [2.75, 3.05) is 6.61 Å². The topological polar surface area (TPSA) is 65.2 Å². The number of rotatable bonds is 5. The van der Waals surface area contributed by atoms with Gasteiger partial charge in [-0.05, 0) is 18.9 Å². The number of pyridine rings is 1. The molecule has 4 heteroatoms. The number of aromatic nitrogens is 1. The molecule has 16 heavy (non-hydrogen) atoms. The van der Waals surface area contributed by atoms with E-state index in [0.717, 1.165) is 0 Å². The molecule has 88 valence electrons. The van der Waals surface area contributed by atoms with E-state index in [4.69, 9.17) is 10.5 Å². The number of hydrogen-bond donors (Lipinski definition) is 1. The zero-order valence-corrected chi connectivity index (χ0v) is 9.93. The predicted molar refractivity (Wildman–Crippen MR) is 62.5 cm³/mol. The molecule has 1 unspecified atom stereocenters. The summed E-state index contributed by atoms with van der Waals surface area (Å²) in [5.74, 6) is 0.622. The first kappa shape index (κ1) is 12.6. The molecule has 1 heterocycles. The highest BCUT2D eigenvalue weighted by Gasteiger charge is 2.19. The maximum atomic E-state index is 11.9. The van der Waals surface area contributed by atoms with Crippen LogP contribution in [0.3, 0.4) is 0 Å². The van der Waals surface area contributed by atoms with Crippen molar-refractivity contribution < 1.29 is 9.53 Å². The fraction of sp³-hybridized carbons (Fsp3) is 0.500. The quantitative estimate of drug-likeness (QED) is 0.769. The molecule has 2 N–H and O–H groups in total. The largest absolute Gasteiger partial charge is 0.492 e. The molecule has 0 saturated heterocycles. The third-order valence-electron chi connectivity index (χ3n) is 2.33. The van der Waals surface area contributed by atoms with Gasteiger partial charge in [0.15, 0.2) is 5.78 Å². The summed E-state index contributed by atoms with van der Waals surface area (Å²) in [6, 6.07) is 1.19. The molecule has 1 atom stereocenters. The van der Waals surface area contributed by atoms with E-state index >= 15 is 0 Å². The number of Topliss-reactive ketones (excluding diaryl/α,β-unsaturated/α-hetero) is 1. The molecule has 0 spiro atoms. The van der Waals surface area contributed by atoms with Crippen molar-refractivity contribution in [1.82, 2.24) is 4.98 Å². The van der Waals surface area contributed by atoms with Gasteiger partial charge in [0.1, 0.15) is 5.75 Å². The van der Waals surface area contributed by atoms with Gasteiger partial charge in [-0.3, -0.25) is 9.78 Å². The lowest BCUT2D eigenvalue weighted by Gasteiger charge is -2.14. The molecule has 1 aromatic rings. The fourth-order valence-corrected chi connectivity index (χ4v) is 1.29. The van der Waals surface area contributed by atoms with Gasteiger partial charge in [0.05, 0.1) is 18.8 Å². The first-order valence-electron chi connectivity index (χ1n) is 5.44. The molecule has 0 saturated carbocycles. The van der Waals surface area contributed by atoms with Crippen LogP contribution in [0.25, 0.3) is 0 Å². The lowest BCUT2D eigenvalue weighted by molar-refractivity contribution is 0.0939. The lowest BCUT2D eigenvalue weighted by atomic mass is 9.97. The van der Waals surface area contributed by atoms with Crippen molar-refractivity contribution in [3.8, 4) is 5.75 Å². The van der Waals surface area contributed by atoms with E-state index in [2.05, 4.69) is 4.98 Å². The van der Waals surface area contributed by atoms with Crippen LogP contribution in [0.5, 0.6) is 5.75 Å². The molecular formula is C12H18N2O2. The Morgan fingerprint density at radius 3 is 2.75 bits per heavy atom. The summed E-state index contributed by atoms with van der Waals surface area (Å²) in [4.78, 5) is 15.9. The second-order valence-corrected chi connectivity index (χ2v) is 3.98. The van der Waals surface area contributed by atoms with Crippen molar-refractivity contribution in [3.05, 3.63) is 24.0 Å². The number of nitrogens with two attached hydrogens (primary N) is 1. The summed E-state index contributed by atoms with van der Waals surface area (Å²) in [7, 11) is 0. The minimum atomic E-state index is -0.487. The van der Waals surface area contributed by atoms with Crippen LogP contribution < -0.4 is 10.5 Å². The van der Waals surface area contributed by atoms with Crippen molar-refractivity contribution in [1.29, 1.82) is 0 Å². The second-order valence-electron chi connectivity index (χ2n) is 3.98. The number of carbonyl (C=O) groups is 1. The molecule has 0 bridgehead atoms. The smallest absolute Gasteiger partial charge is 0.181 e. The number of ketones is 1. The van der Waals surface area contributed by atoms with Crippen LogP contribution in [-0.4, -0.2) is 23.4 Å². The maximum absolute atomic E-state index is 11.9. The summed E-state index contributed by atoms with van der Waals surface area (Å²) in [6.07, 6.45) is 3.11. The first-order chi connectivity index (χ1) is 7.56. The van der Waals surface area contributed by atoms with Crippen LogP contribution in [-0.2, 0) is 0 Å². The van der Waals surface area contributed by atoms with Crippen LogP contribution >= 0.6 is 0 Å². The average Bonchev–Trinajstić information content (AvgIpc) is 2.28. The molecule has 0 amide bonds. The fourth-order valence-electron chi connectivity index (χ4n) is 1.29. The highest BCUT2D eigenvalue weighted by Crippen LogP contribution is 2.14. The number of hydrogen-bond acceptors (Lipinski definition) is 4. The average molecular weight is 222 g/mol. The zero-order chi connectivity index (χ0) is 12.1. The van der Waals surface area contributed by atoms with Gasteiger partial charge < -0.3 is 10.5 Å². The van der Waals surface area contributed by atoms with Crippen molar-refractivity contribution >= 4 is 5.78 Å². The first-order valence-corrected chi connectivity index (χ1v) is 5.44. The summed E-state index contributed by atoms with van der Waals surface area (Å²) < 4.78 is 5.28. The normalized spacial score (nSPS) is 12.6. The summed E-state index contributed by atoms with van der Waals surface area (Å²) in [6.45, 7) is 6.27. The molecule has 0 fully saturated rings. The van der Waals surface area contributed by atoms with Crippen LogP contribution in [0, 0.1) is 5.92 Å². The van der Waals surface area contributed by atoms with Gasteiger partial charge in [-0.1, -0.05) is 13.8 Å². The zero-order valence-electron chi connectivity index (χ0n) is 9.93. The highest BCUT2D eigenvalue weighted by atomic mass is 16.5. The van der Waals surface area contributed by atoms with Gasteiger partial charge in [-0.25, -0.2) is 0 Å². The molecule has 0 aliphatic rings. The molecule has 0 aliphatic carbocycles. The Labute approximate surface area is 95.8 Å². The van der Waals surface area contributed by atoms with E-state index in [-0.39, 0.29) is 11.7 Å². The van der Waals surface area contributed by atoms with Crippen LogP contribution in [0.1, 0.15) is 31.1 Å². The Kier molecular flexibility index (Phi) is 4.43. The SMILES string of the molecule is CCOc1cncc(C(=O)C(N)C(C)C)c1. The number of nitrogens with zero attached hydrogens (tertiary/aromatic N) is 1. The van der Waals surface area contributed by atoms with Gasteiger partial charge in [-0.15, -0.1) is 0 Å². The molecule has 0 radical (unpaired) electrons. The Morgan fingerprint density at radius 1 is 1.50 bits per heavy atom. The van der Waals surface area contributed by atoms with Gasteiger partial charge in [0.25, 0.3) is 0 Å². The molecule has 1 aromatic heterocycles. The van der Waals surface area contributed by atoms with Gasteiger partial charge >= 0.3 is 0 Å². The molecule has 1 rings (SSSR count). The maximum Gasteiger partial charge on any atom is 0.181 e. The van der Waals surface area contributed by atoms with E-state index in [0.29, 0.717) is 17.9 Å². The van der Waals surface area contributed by atoms with Gasteiger partial charge in [0, 0.05) is 11.8 Å². The molecular weight excluding hydrogens is 204 g/mol. The standard InChI is InChI=1S/C12H18N2O2/c1-4-16-10-5-9(6-14-7-10)12(15)11(13)8(2)3/h5-8,11H,4,13H2,1-3H3. The summed E-state index contributed by atoms with van der Waals surface area (Å²) >= 11 is 0. The summed E-state index contributed by atoms with van der Waals surface area (Å²) in [5.41, 5.74) is 6.30. The van der Waals surface area contributed by atoms with Gasteiger partial charge in [-0.2, -0.15) is 0 Å². The van der Waals surface area contributed by atoms with E-state index in [1.54, 1.807) is 12.3 Å².